The van der Waals surface area contributed by atoms with Gasteiger partial charge in [-0.1, -0.05) is 35.3 Å². The van der Waals surface area contributed by atoms with Crippen molar-refractivity contribution in [3.05, 3.63) is 33.3 Å². The monoisotopic (exact) mass is 340 g/mol. The molecule has 0 spiro atoms. The Hall–Kier alpha value is -0.770. The minimum Gasteiger partial charge on any atom is -0.338 e. The van der Waals surface area contributed by atoms with Gasteiger partial charge in [-0.05, 0) is 43.9 Å². The Morgan fingerprint density at radius 2 is 2.00 bits per heavy atom. The lowest BCUT2D eigenvalue weighted by Crippen LogP contribution is -2.48. The molecule has 1 aromatic rings. The fourth-order valence-corrected chi connectivity index (χ4v) is 3.99. The second-order valence-electron chi connectivity index (χ2n) is 6.39. The van der Waals surface area contributed by atoms with Crippen LogP contribution in [0, 0.1) is 6.92 Å². The number of halogens is 2. The van der Waals surface area contributed by atoms with Crippen LogP contribution >= 0.6 is 23.2 Å². The molecule has 1 amide bonds. The quantitative estimate of drug-likeness (QED) is 0.833. The van der Waals surface area contributed by atoms with Crippen LogP contribution in [0.15, 0.2) is 12.1 Å². The molecular formula is C17H22Cl2N2O. The van der Waals surface area contributed by atoms with E-state index in [9.17, 15) is 4.79 Å². The van der Waals surface area contributed by atoms with Crippen molar-refractivity contribution < 1.29 is 4.79 Å². The van der Waals surface area contributed by atoms with Crippen LogP contribution in [0.3, 0.4) is 0 Å². The van der Waals surface area contributed by atoms with E-state index in [-0.39, 0.29) is 0 Å². The SMILES string of the molecule is Cc1ccc(CN2CCC[C@@H](N3CCCC3=O)C2)c(Cl)c1Cl. The molecule has 0 aromatic heterocycles. The van der Waals surface area contributed by atoms with Gasteiger partial charge in [-0.15, -0.1) is 0 Å². The van der Waals surface area contributed by atoms with Crippen molar-refractivity contribution in [2.75, 3.05) is 19.6 Å². The zero-order valence-electron chi connectivity index (χ0n) is 12.9. The lowest BCUT2D eigenvalue weighted by molar-refractivity contribution is -0.130. The van der Waals surface area contributed by atoms with E-state index in [4.69, 9.17) is 23.2 Å². The van der Waals surface area contributed by atoms with Gasteiger partial charge >= 0.3 is 0 Å². The van der Waals surface area contributed by atoms with Gasteiger partial charge < -0.3 is 4.90 Å². The second-order valence-corrected chi connectivity index (χ2v) is 7.15. The molecule has 2 aliphatic rings. The van der Waals surface area contributed by atoms with E-state index in [0.29, 0.717) is 22.0 Å². The van der Waals surface area contributed by atoms with Crippen LogP contribution in [0.25, 0.3) is 0 Å². The van der Waals surface area contributed by atoms with E-state index in [1.54, 1.807) is 0 Å². The Bertz CT molecular complexity index is 576. The minimum absolute atomic E-state index is 0.322. The molecule has 0 saturated carbocycles. The average molecular weight is 341 g/mol. The Morgan fingerprint density at radius 3 is 2.73 bits per heavy atom. The summed E-state index contributed by atoms with van der Waals surface area (Å²) in [6.45, 7) is 5.69. The van der Waals surface area contributed by atoms with E-state index < -0.39 is 0 Å². The Kier molecular flexibility index (Phi) is 4.96. The molecule has 3 nitrogen and oxygen atoms in total. The van der Waals surface area contributed by atoms with Gasteiger partial charge in [0, 0.05) is 32.1 Å². The zero-order valence-corrected chi connectivity index (χ0v) is 14.5. The van der Waals surface area contributed by atoms with Gasteiger partial charge in [-0.25, -0.2) is 0 Å². The van der Waals surface area contributed by atoms with Gasteiger partial charge in [0.05, 0.1) is 10.0 Å². The number of likely N-dealkylation sites (tertiary alicyclic amines) is 2. The zero-order chi connectivity index (χ0) is 15.7. The minimum atomic E-state index is 0.322. The molecule has 3 rings (SSSR count). The first kappa shape index (κ1) is 16.1. The predicted molar refractivity (Wildman–Crippen MR) is 90.4 cm³/mol. The molecule has 22 heavy (non-hydrogen) atoms. The fraction of sp³-hybridized carbons (Fsp3) is 0.588. The molecule has 2 saturated heterocycles. The standard InChI is InChI=1S/C17H22Cl2N2O/c1-12-6-7-13(17(19)16(12)18)10-20-8-2-4-14(11-20)21-9-3-5-15(21)22/h6-7,14H,2-5,8-11H2,1H3/t14-/m1/s1. The van der Waals surface area contributed by atoms with Crippen LogP contribution in [0.5, 0.6) is 0 Å². The molecule has 0 bridgehead atoms. The smallest absolute Gasteiger partial charge is 0.222 e. The van der Waals surface area contributed by atoms with Crippen molar-refractivity contribution in [2.24, 2.45) is 0 Å². The number of hydrogen-bond donors (Lipinski definition) is 0. The highest BCUT2D eigenvalue weighted by atomic mass is 35.5. The number of carbonyl (C=O) groups is 1. The third-order valence-electron chi connectivity index (χ3n) is 4.78. The van der Waals surface area contributed by atoms with Crippen LogP contribution in [-0.2, 0) is 11.3 Å². The number of aryl methyl sites for hydroxylation is 1. The molecule has 2 aliphatic heterocycles. The number of carbonyl (C=O) groups excluding carboxylic acids is 1. The lowest BCUT2D eigenvalue weighted by Gasteiger charge is -2.37. The van der Waals surface area contributed by atoms with Crippen molar-refractivity contribution >= 4 is 29.1 Å². The van der Waals surface area contributed by atoms with Crippen LogP contribution in [0.2, 0.25) is 10.0 Å². The van der Waals surface area contributed by atoms with Gasteiger partial charge in [0.25, 0.3) is 0 Å². The molecule has 2 heterocycles. The molecule has 1 atom stereocenters. The summed E-state index contributed by atoms with van der Waals surface area (Å²) in [4.78, 5) is 16.4. The molecule has 2 fully saturated rings. The molecule has 1 aromatic carbocycles. The third kappa shape index (κ3) is 3.27. The number of piperidine rings is 1. The van der Waals surface area contributed by atoms with E-state index in [1.807, 2.05) is 13.0 Å². The number of rotatable bonds is 3. The van der Waals surface area contributed by atoms with Crippen molar-refractivity contribution in [1.29, 1.82) is 0 Å². The maximum atomic E-state index is 11.9. The summed E-state index contributed by atoms with van der Waals surface area (Å²) in [6.07, 6.45) is 3.97. The van der Waals surface area contributed by atoms with Crippen LogP contribution < -0.4 is 0 Å². The molecule has 0 N–H and O–H groups in total. The summed E-state index contributed by atoms with van der Waals surface area (Å²) in [5, 5.41) is 1.32. The molecule has 120 valence electrons. The summed E-state index contributed by atoms with van der Waals surface area (Å²) in [7, 11) is 0. The first-order valence-corrected chi connectivity index (χ1v) is 8.77. The van der Waals surface area contributed by atoms with Gasteiger partial charge in [0.15, 0.2) is 0 Å². The van der Waals surface area contributed by atoms with Gasteiger partial charge in [0.2, 0.25) is 5.91 Å². The highest BCUT2D eigenvalue weighted by molar-refractivity contribution is 6.42. The normalized spacial score (nSPS) is 23.3. The molecule has 0 aliphatic carbocycles. The number of benzene rings is 1. The number of hydrogen-bond acceptors (Lipinski definition) is 2. The first-order valence-electron chi connectivity index (χ1n) is 8.01. The predicted octanol–water partition coefficient (Wildman–Crippen LogP) is 3.89. The largest absolute Gasteiger partial charge is 0.338 e. The van der Waals surface area contributed by atoms with Crippen molar-refractivity contribution in [3.8, 4) is 0 Å². The first-order chi connectivity index (χ1) is 10.6. The Balaban J connectivity index is 1.68. The molecular weight excluding hydrogens is 319 g/mol. The summed E-state index contributed by atoms with van der Waals surface area (Å²) >= 11 is 12.6. The van der Waals surface area contributed by atoms with E-state index in [0.717, 1.165) is 63.0 Å². The highest BCUT2D eigenvalue weighted by Gasteiger charge is 2.31. The summed E-state index contributed by atoms with van der Waals surface area (Å²) in [6, 6.07) is 4.45. The maximum absolute atomic E-state index is 11.9. The third-order valence-corrected chi connectivity index (χ3v) is 5.80. The van der Waals surface area contributed by atoms with Crippen molar-refractivity contribution in [3.63, 3.8) is 0 Å². The molecule has 0 radical (unpaired) electrons. The van der Waals surface area contributed by atoms with Gasteiger partial charge in [0.1, 0.15) is 0 Å². The lowest BCUT2D eigenvalue weighted by atomic mass is 10.0. The van der Waals surface area contributed by atoms with Crippen molar-refractivity contribution in [1.82, 2.24) is 9.80 Å². The van der Waals surface area contributed by atoms with Crippen LogP contribution in [0.4, 0.5) is 0 Å². The topological polar surface area (TPSA) is 23.6 Å². The van der Waals surface area contributed by atoms with E-state index in [1.165, 1.54) is 0 Å². The molecule has 5 heteroatoms. The van der Waals surface area contributed by atoms with Crippen molar-refractivity contribution in [2.45, 2.75) is 45.2 Å². The van der Waals surface area contributed by atoms with E-state index in [2.05, 4.69) is 15.9 Å². The molecule has 0 unspecified atom stereocenters. The Morgan fingerprint density at radius 1 is 1.18 bits per heavy atom. The van der Waals surface area contributed by atoms with Gasteiger partial charge in [-0.2, -0.15) is 0 Å². The summed E-state index contributed by atoms with van der Waals surface area (Å²) in [5.41, 5.74) is 2.08. The summed E-state index contributed by atoms with van der Waals surface area (Å²) < 4.78 is 0. The second kappa shape index (κ2) is 6.77. The average Bonchev–Trinajstić information content (AvgIpc) is 2.94. The van der Waals surface area contributed by atoms with Gasteiger partial charge in [-0.3, -0.25) is 9.69 Å². The maximum Gasteiger partial charge on any atom is 0.222 e. The highest BCUT2D eigenvalue weighted by Crippen LogP contribution is 2.31. The Labute approximate surface area is 142 Å². The number of nitrogens with zero attached hydrogens (tertiary/aromatic N) is 2. The van der Waals surface area contributed by atoms with E-state index >= 15 is 0 Å². The van der Waals surface area contributed by atoms with Crippen LogP contribution in [0.1, 0.15) is 36.8 Å². The number of amides is 1. The van der Waals surface area contributed by atoms with Crippen LogP contribution in [-0.4, -0.2) is 41.4 Å². The fourth-order valence-electron chi connectivity index (χ4n) is 3.53. The summed E-state index contributed by atoms with van der Waals surface area (Å²) in [5.74, 6) is 0.322.